The van der Waals surface area contributed by atoms with E-state index in [1.54, 1.807) is 0 Å². The van der Waals surface area contributed by atoms with Crippen molar-refractivity contribution >= 4 is 0 Å². The number of hydrogen-bond acceptors (Lipinski definition) is 1. The van der Waals surface area contributed by atoms with Crippen LogP contribution in [0.4, 0.5) is 0 Å². The van der Waals surface area contributed by atoms with Crippen LogP contribution in [0.25, 0.3) is 0 Å². The monoisotopic (exact) mass is 202 g/mol. The molecule has 0 amide bonds. The van der Waals surface area contributed by atoms with E-state index in [4.69, 9.17) is 0 Å². The molecular weight excluding hydrogens is 184 g/mol. The van der Waals surface area contributed by atoms with Crippen molar-refractivity contribution in [1.82, 2.24) is 0 Å². The summed E-state index contributed by atoms with van der Waals surface area (Å²) in [5.74, 6) is 0.305. The second kappa shape index (κ2) is 4.63. The number of aliphatic hydroxyl groups excluding tert-OH is 1. The molecule has 0 spiro atoms. The molecule has 0 saturated heterocycles. The van der Waals surface area contributed by atoms with Gasteiger partial charge in [0.1, 0.15) is 0 Å². The molecule has 1 nitrogen and oxygen atoms in total. The van der Waals surface area contributed by atoms with Crippen molar-refractivity contribution in [3.05, 3.63) is 47.5 Å². The molecule has 0 heterocycles. The first kappa shape index (κ1) is 10.4. The predicted octanol–water partition coefficient (Wildman–Crippen LogP) is 3.25. The van der Waals surface area contributed by atoms with Gasteiger partial charge in [0.25, 0.3) is 0 Å². The molecule has 1 aromatic carbocycles. The molecule has 1 aromatic rings. The molecule has 1 aliphatic rings. The van der Waals surface area contributed by atoms with Crippen molar-refractivity contribution in [1.29, 1.82) is 0 Å². The van der Waals surface area contributed by atoms with E-state index in [9.17, 15) is 5.11 Å². The van der Waals surface area contributed by atoms with Crippen LogP contribution in [0.1, 0.15) is 37.0 Å². The second-order valence-electron chi connectivity index (χ2n) is 4.18. The average Bonchev–Trinajstić information content (AvgIpc) is 2.29. The minimum atomic E-state index is -0.308. The molecule has 0 saturated carbocycles. The van der Waals surface area contributed by atoms with Crippen molar-refractivity contribution in [2.75, 3.05) is 0 Å². The van der Waals surface area contributed by atoms with Gasteiger partial charge in [-0.15, -0.1) is 0 Å². The fourth-order valence-electron chi connectivity index (χ4n) is 2.27. The minimum Gasteiger partial charge on any atom is -0.388 e. The van der Waals surface area contributed by atoms with Crippen molar-refractivity contribution in [3.8, 4) is 0 Å². The lowest BCUT2D eigenvalue weighted by Crippen LogP contribution is -2.18. The Kier molecular flexibility index (Phi) is 3.22. The van der Waals surface area contributed by atoms with Crippen molar-refractivity contribution < 1.29 is 5.11 Å². The molecule has 2 rings (SSSR count). The Labute approximate surface area is 91.4 Å². The van der Waals surface area contributed by atoms with E-state index in [-0.39, 0.29) is 6.10 Å². The normalized spacial score (nSPS) is 25.5. The molecule has 0 aromatic heterocycles. The SMILES string of the molecule is CC/C=C/[C@@H]1CCc2ccccc2[C@@H]1O. The number of aliphatic hydroxyl groups is 1. The van der Waals surface area contributed by atoms with Crippen LogP contribution < -0.4 is 0 Å². The second-order valence-corrected chi connectivity index (χ2v) is 4.18. The van der Waals surface area contributed by atoms with Crippen LogP contribution in [0.15, 0.2) is 36.4 Å². The van der Waals surface area contributed by atoms with Crippen LogP contribution in [0.2, 0.25) is 0 Å². The zero-order valence-corrected chi connectivity index (χ0v) is 9.19. The summed E-state index contributed by atoms with van der Waals surface area (Å²) in [4.78, 5) is 0. The van der Waals surface area contributed by atoms with Crippen molar-refractivity contribution in [2.45, 2.75) is 32.3 Å². The van der Waals surface area contributed by atoms with E-state index in [1.165, 1.54) is 5.56 Å². The first-order chi connectivity index (χ1) is 7.33. The highest BCUT2D eigenvalue weighted by Gasteiger charge is 2.25. The Hall–Kier alpha value is -1.08. The van der Waals surface area contributed by atoms with Gasteiger partial charge in [0.2, 0.25) is 0 Å². The van der Waals surface area contributed by atoms with Gasteiger partial charge in [-0.25, -0.2) is 0 Å². The molecule has 2 atom stereocenters. The van der Waals surface area contributed by atoms with Gasteiger partial charge in [-0.1, -0.05) is 43.3 Å². The zero-order chi connectivity index (χ0) is 10.7. The molecule has 1 heteroatoms. The molecule has 0 fully saturated rings. The highest BCUT2D eigenvalue weighted by atomic mass is 16.3. The molecular formula is C14H18O. The number of rotatable bonds is 2. The van der Waals surface area contributed by atoms with Gasteiger partial charge in [0.05, 0.1) is 6.10 Å². The van der Waals surface area contributed by atoms with Gasteiger partial charge in [0.15, 0.2) is 0 Å². The topological polar surface area (TPSA) is 20.2 Å². The Morgan fingerprint density at radius 2 is 2.20 bits per heavy atom. The van der Waals surface area contributed by atoms with E-state index in [2.05, 4.69) is 25.1 Å². The lowest BCUT2D eigenvalue weighted by Gasteiger charge is -2.27. The Morgan fingerprint density at radius 3 is 3.00 bits per heavy atom. The van der Waals surface area contributed by atoms with E-state index in [0.717, 1.165) is 24.8 Å². The maximum absolute atomic E-state index is 10.2. The van der Waals surface area contributed by atoms with Crippen LogP contribution in [0.3, 0.4) is 0 Å². The smallest absolute Gasteiger partial charge is 0.0855 e. The van der Waals surface area contributed by atoms with Crippen LogP contribution in [0, 0.1) is 5.92 Å². The number of allylic oxidation sites excluding steroid dienone is 1. The molecule has 80 valence electrons. The van der Waals surface area contributed by atoms with Crippen LogP contribution in [-0.2, 0) is 6.42 Å². The standard InChI is InChI=1S/C14H18O/c1-2-3-6-12-10-9-11-7-4-5-8-13(11)14(12)15/h3-8,12,14-15H,2,9-10H2,1H3/b6-3+/t12-,14-/m1/s1. The fraction of sp³-hybridized carbons (Fsp3) is 0.429. The predicted molar refractivity (Wildman–Crippen MR) is 62.6 cm³/mol. The van der Waals surface area contributed by atoms with Crippen LogP contribution in [-0.4, -0.2) is 5.11 Å². The van der Waals surface area contributed by atoms with Gasteiger partial charge in [-0.3, -0.25) is 0 Å². The van der Waals surface area contributed by atoms with Gasteiger partial charge in [-0.05, 0) is 30.4 Å². The highest BCUT2D eigenvalue weighted by molar-refractivity contribution is 5.32. The molecule has 15 heavy (non-hydrogen) atoms. The largest absolute Gasteiger partial charge is 0.388 e. The van der Waals surface area contributed by atoms with Gasteiger partial charge in [-0.2, -0.15) is 0 Å². The van der Waals surface area contributed by atoms with E-state index in [1.807, 2.05) is 18.2 Å². The highest BCUT2D eigenvalue weighted by Crippen LogP contribution is 2.34. The number of hydrogen-bond donors (Lipinski definition) is 1. The summed E-state index contributed by atoms with van der Waals surface area (Å²) < 4.78 is 0. The van der Waals surface area contributed by atoms with E-state index >= 15 is 0 Å². The quantitative estimate of drug-likeness (QED) is 0.730. The minimum absolute atomic E-state index is 0.305. The molecule has 0 aliphatic heterocycles. The Balaban J connectivity index is 2.22. The van der Waals surface area contributed by atoms with Crippen LogP contribution >= 0.6 is 0 Å². The van der Waals surface area contributed by atoms with Crippen molar-refractivity contribution in [2.24, 2.45) is 5.92 Å². The Bertz CT molecular complexity index is 354. The van der Waals surface area contributed by atoms with Gasteiger partial charge < -0.3 is 5.11 Å². The van der Waals surface area contributed by atoms with Gasteiger partial charge >= 0.3 is 0 Å². The first-order valence-corrected chi connectivity index (χ1v) is 5.75. The number of benzene rings is 1. The van der Waals surface area contributed by atoms with Crippen molar-refractivity contribution in [3.63, 3.8) is 0 Å². The third-order valence-corrected chi connectivity index (χ3v) is 3.15. The maximum Gasteiger partial charge on any atom is 0.0855 e. The van der Waals surface area contributed by atoms with E-state index in [0.29, 0.717) is 5.92 Å². The lowest BCUT2D eigenvalue weighted by molar-refractivity contribution is 0.118. The molecule has 1 N–H and O–H groups in total. The molecule has 0 radical (unpaired) electrons. The van der Waals surface area contributed by atoms with Crippen LogP contribution in [0.5, 0.6) is 0 Å². The fourth-order valence-corrected chi connectivity index (χ4v) is 2.27. The molecule has 0 unspecified atom stereocenters. The summed E-state index contributed by atoms with van der Waals surface area (Å²) in [6.07, 6.45) is 7.21. The van der Waals surface area contributed by atoms with Gasteiger partial charge in [0, 0.05) is 5.92 Å². The Morgan fingerprint density at radius 1 is 1.40 bits per heavy atom. The summed E-state index contributed by atoms with van der Waals surface area (Å²) in [7, 11) is 0. The third kappa shape index (κ3) is 2.13. The molecule has 0 bridgehead atoms. The summed E-state index contributed by atoms with van der Waals surface area (Å²) in [5.41, 5.74) is 2.43. The lowest BCUT2D eigenvalue weighted by atomic mass is 9.81. The molecule has 1 aliphatic carbocycles. The summed E-state index contributed by atoms with van der Waals surface area (Å²) in [6.45, 7) is 2.12. The first-order valence-electron chi connectivity index (χ1n) is 5.75. The summed E-state index contributed by atoms with van der Waals surface area (Å²) in [6, 6.07) is 8.23. The zero-order valence-electron chi connectivity index (χ0n) is 9.19. The summed E-state index contributed by atoms with van der Waals surface area (Å²) in [5, 5.41) is 10.2. The maximum atomic E-state index is 10.2. The summed E-state index contributed by atoms with van der Waals surface area (Å²) >= 11 is 0. The average molecular weight is 202 g/mol. The van der Waals surface area contributed by atoms with E-state index < -0.39 is 0 Å². The third-order valence-electron chi connectivity index (χ3n) is 3.15. The number of fused-ring (bicyclic) bond motifs is 1. The number of aryl methyl sites for hydroxylation is 1.